The molecule has 0 unspecified atom stereocenters. The lowest BCUT2D eigenvalue weighted by molar-refractivity contribution is 0.0376. The first-order valence-corrected chi connectivity index (χ1v) is 8.72. The van der Waals surface area contributed by atoms with Crippen LogP contribution in [-0.2, 0) is 11.2 Å². The van der Waals surface area contributed by atoms with Crippen LogP contribution in [0.5, 0.6) is 0 Å². The predicted molar refractivity (Wildman–Crippen MR) is 96.9 cm³/mol. The molecule has 3 rings (SSSR count). The Labute approximate surface area is 143 Å². The van der Waals surface area contributed by atoms with Crippen molar-refractivity contribution in [2.75, 3.05) is 39.4 Å². The number of nitrogens with zero attached hydrogens (tertiary/aromatic N) is 2. The van der Waals surface area contributed by atoms with Crippen LogP contribution in [0.1, 0.15) is 24.0 Å². The summed E-state index contributed by atoms with van der Waals surface area (Å²) in [6.45, 7) is 5.73. The second-order valence-electron chi connectivity index (χ2n) is 5.89. The summed E-state index contributed by atoms with van der Waals surface area (Å²) < 4.78 is 5.35. The van der Waals surface area contributed by atoms with Gasteiger partial charge in [0, 0.05) is 25.2 Å². The van der Waals surface area contributed by atoms with Gasteiger partial charge >= 0.3 is 0 Å². The summed E-state index contributed by atoms with van der Waals surface area (Å²) in [6.07, 6.45) is 3.11. The van der Waals surface area contributed by atoms with Gasteiger partial charge < -0.3 is 10.1 Å². The van der Waals surface area contributed by atoms with Crippen molar-refractivity contribution in [1.29, 1.82) is 0 Å². The fourth-order valence-corrected chi connectivity index (χ4v) is 3.16. The highest BCUT2D eigenvalue weighted by molar-refractivity contribution is 7.80. The van der Waals surface area contributed by atoms with Gasteiger partial charge in [-0.1, -0.05) is 24.3 Å². The molecule has 1 aromatic carbocycles. The van der Waals surface area contributed by atoms with Crippen LogP contribution in [0, 0.1) is 0 Å². The summed E-state index contributed by atoms with van der Waals surface area (Å²) in [5.41, 5.74) is 6.69. The highest BCUT2D eigenvalue weighted by Crippen LogP contribution is 2.21. The maximum Gasteiger partial charge on any atom is 0.186 e. The third-order valence-electron chi connectivity index (χ3n) is 4.29. The van der Waals surface area contributed by atoms with E-state index < -0.39 is 0 Å². The quantitative estimate of drug-likeness (QED) is 0.486. The molecule has 1 heterocycles. The molecule has 124 valence electrons. The van der Waals surface area contributed by atoms with E-state index in [2.05, 4.69) is 45.0 Å². The van der Waals surface area contributed by atoms with Crippen LogP contribution in [0.15, 0.2) is 29.4 Å². The van der Waals surface area contributed by atoms with Gasteiger partial charge in [0.05, 0.1) is 18.9 Å². The third kappa shape index (κ3) is 4.73. The summed E-state index contributed by atoms with van der Waals surface area (Å²) in [5, 5.41) is 8.30. The van der Waals surface area contributed by atoms with Crippen LogP contribution in [-0.4, -0.2) is 55.1 Å². The number of morpholine rings is 1. The normalized spacial score (nSPS) is 19.6. The maximum atomic E-state index is 5.35. The van der Waals surface area contributed by atoms with Crippen molar-refractivity contribution in [1.82, 2.24) is 15.6 Å². The lowest BCUT2D eigenvalue weighted by Gasteiger charge is -2.26. The first-order valence-electron chi connectivity index (χ1n) is 8.32. The highest BCUT2D eigenvalue weighted by atomic mass is 32.1. The molecule has 23 heavy (non-hydrogen) atoms. The van der Waals surface area contributed by atoms with E-state index in [1.807, 2.05) is 0 Å². The minimum Gasteiger partial charge on any atom is -0.379 e. The molecule has 2 N–H and O–H groups in total. The average molecular weight is 332 g/mol. The number of ether oxygens (including phenoxy) is 1. The number of hydrogen-bond acceptors (Lipinski definition) is 4. The zero-order valence-electron chi connectivity index (χ0n) is 13.4. The van der Waals surface area contributed by atoms with E-state index in [1.54, 1.807) is 0 Å². The standard InChI is InChI=1S/C17H24N4OS/c23-17(18-8-3-9-21-10-12-22-13-11-21)20-19-16-7-6-14-4-1-2-5-15(14)16/h1-2,4-5H,3,6-13H2,(H2,18,20,23)/b19-16-. The summed E-state index contributed by atoms with van der Waals surface area (Å²) in [5.74, 6) is 0. The molecule has 1 aromatic rings. The summed E-state index contributed by atoms with van der Waals surface area (Å²) in [7, 11) is 0. The number of rotatable bonds is 5. The molecule has 1 fully saturated rings. The van der Waals surface area contributed by atoms with Gasteiger partial charge in [0.15, 0.2) is 5.11 Å². The van der Waals surface area contributed by atoms with Gasteiger partial charge in [-0.05, 0) is 43.6 Å². The van der Waals surface area contributed by atoms with E-state index in [9.17, 15) is 0 Å². The Balaban J connectivity index is 1.36. The van der Waals surface area contributed by atoms with Crippen molar-refractivity contribution in [3.05, 3.63) is 35.4 Å². The van der Waals surface area contributed by atoms with Crippen molar-refractivity contribution in [3.8, 4) is 0 Å². The minimum atomic E-state index is 0.601. The molecule has 1 aliphatic carbocycles. The summed E-state index contributed by atoms with van der Waals surface area (Å²) in [4.78, 5) is 2.43. The molecule has 1 saturated heterocycles. The van der Waals surface area contributed by atoms with Gasteiger partial charge in [-0.25, -0.2) is 0 Å². The fraction of sp³-hybridized carbons (Fsp3) is 0.529. The number of hydrogen-bond donors (Lipinski definition) is 2. The molecule has 0 aromatic heterocycles. The van der Waals surface area contributed by atoms with Crippen molar-refractivity contribution >= 4 is 23.0 Å². The number of thiocarbonyl (C=S) groups is 1. The predicted octanol–water partition coefficient (Wildman–Crippen LogP) is 1.52. The fourth-order valence-electron chi connectivity index (χ4n) is 3.01. The van der Waals surface area contributed by atoms with Crippen LogP contribution in [0.4, 0.5) is 0 Å². The summed E-state index contributed by atoms with van der Waals surface area (Å²) in [6, 6.07) is 8.43. The molecular formula is C17H24N4OS. The molecule has 0 atom stereocenters. The summed E-state index contributed by atoms with van der Waals surface area (Å²) >= 11 is 5.29. The minimum absolute atomic E-state index is 0.601. The number of benzene rings is 1. The van der Waals surface area contributed by atoms with Gasteiger partial charge in [-0.15, -0.1) is 0 Å². The number of aryl methyl sites for hydroxylation is 1. The van der Waals surface area contributed by atoms with Gasteiger partial charge in [-0.3, -0.25) is 10.3 Å². The molecule has 0 amide bonds. The molecular weight excluding hydrogens is 308 g/mol. The zero-order chi connectivity index (χ0) is 15.9. The molecule has 6 heteroatoms. The Bertz CT molecular complexity index is 569. The second-order valence-corrected chi connectivity index (χ2v) is 6.30. The van der Waals surface area contributed by atoms with Crippen molar-refractivity contribution in [2.24, 2.45) is 5.10 Å². The van der Waals surface area contributed by atoms with Crippen molar-refractivity contribution in [2.45, 2.75) is 19.3 Å². The Morgan fingerprint density at radius 3 is 2.91 bits per heavy atom. The van der Waals surface area contributed by atoms with Gasteiger partial charge in [-0.2, -0.15) is 5.10 Å². The molecule has 5 nitrogen and oxygen atoms in total. The number of hydrazone groups is 1. The Kier molecular flexibility index (Phi) is 5.96. The van der Waals surface area contributed by atoms with E-state index in [0.717, 1.165) is 64.4 Å². The van der Waals surface area contributed by atoms with E-state index in [4.69, 9.17) is 17.0 Å². The molecule has 0 bridgehead atoms. The van der Waals surface area contributed by atoms with Crippen molar-refractivity contribution in [3.63, 3.8) is 0 Å². The van der Waals surface area contributed by atoms with Crippen LogP contribution in [0.25, 0.3) is 0 Å². The highest BCUT2D eigenvalue weighted by Gasteiger charge is 2.16. The lowest BCUT2D eigenvalue weighted by atomic mass is 10.1. The SMILES string of the molecule is S=C(NCCCN1CCOCC1)N/N=C1/CCc2ccccc21. The Morgan fingerprint density at radius 1 is 1.22 bits per heavy atom. The molecule has 1 aliphatic heterocycles. The van der Waals surface area contributed by atoms with Crippen molar-refractivity contribution < 1.29 is 4.74 Å². The van der Waals surface area contributed by atoms with Gasteiger partial charge in [0.25, 0.3) is 0 Å². The van der Waals surface area contributed by atoms with Crippen LogP contribution in [0.2, 0.25) is 0 Å². The zero-order valence-corrected chi connectivity index (χ0v) is 14.2. The topological polar surface area (TPSA) is 48.9 Å². The van der Waals surface area contributed by atoms with Crippen LogP contribution >= 0.6 is 12.2 Å². The van der Waals surface area contributed by atoms with Gasteiger partial charge in [0.2, 0.25) is 0 Å². The van der Waals surface area contributed by atoms with E-state index >= 15 is 0 Å². The van der Waals surface area contributed by atoms with Gasteiger partial charge in [0.1, 0.15) is 0 Å². The molecule has 0 spiro atoms. The van der Waals surface area contributed by atoms with E-state index in [0.29, 0.717) is 5.11 Å². The second kappa shape index (κ2) is 8.38. The molecule has 0 radical (unpaired) electrons. The van der Waals surface area contributed by atoms with Crippen LogP contribution in [0.3, 0.4) is 0 Å². The van der Waals surface area contributed by atoms with E-state index in [1.165, 1.54) is 11.1 Å². The Morgan fingerprint density at radius 2 is 2.04 bits per heavy atom. The average Bonchev–Trinajstić information content (AvgIpc) is 3.01. The smallest absolute Gasteiger partial charge is 0.186 e. The van der Waals surface area contributed by atoms with E-state index in [-0.39, 0.29) is 0 Å². The Hall–Kier alpha value is -1.50. The third-order valence-corrected chi connectivity index (χ3v) is 4.53. The maximum absolute atomic E-state index is 5.35. The lowest BCUT2D eigenvalue weighted by Crippen LogP contribution is -2.39. The monoisotopic (exact) mass is 332 g/mol. The number of fused-ring (bicyclic) bond motifs is 1. The largest absolute Gasteiger partial charge is 0.379 e. The first-order chi connectivity index (χ1) is 11.3. The molecule has 0 saturated carbocycles. The molecule has 2 aliphatic rings. The van der Waals surface area contributed by atoms with Crippen LogP contribution < -0.4 is 10.7 Å². The first kappa shape index (κ1) is 16.4. The number of nitrogens with one attached hydrogen (secondary N) is 2.